The Morgan fingerprint density at radius 1 is 1.10 bits per heavy atom. The summed E-state index contributed by atoms with van der Waals surface area (Å²) in [6.07, 6.45) is -1.33. The van der Waals surface area contributed by atoms with Crippen LogP contribution in [0.25, 0.3) is 10.8 Å². The lowest BCUT2D eigenvalue weighted by Gasteiger charge is -1.96. The first kappa shape index (κ1) is 15.7. The third-order valence-corrected chi connectivity index (χ3v) is 0. The Morgan fingerprint density at radius 2 is 1.10 bits per heavy atom. The molecule has 10 heavy (non-hydrogen) atoms. The number of carbonyl (C=O) groups is 1. The average molecular weight is 144 g/mol. The van der Waals surface area contributed by atoms with Crippen molar-refractivity contribution in [3.8, 4) is 0 Å². The van der Waals surface area contributed by atoms with Gasteiger partial charge in [0.05, 0.1) is 0 Å². The monoisotopic (exact) mass is 144 g/mol. The topological polar surface area (TPSA) is 142 Å². The number of isocyanates is 2. The Morgan fingerprint density at radius 3 is 1.10 bits per heavy atom. The van der Waals surface area contributed by atoms with Gasteiger partial charge in [-0.1, -0.05) is 0 Å². The van der Waals surface area contributed by atoms with Crippen molar-refractivity contribution in [2.24, 2.45) is 0 Å². The number of hydrogen-bond donors (Lipinski definition) is 0. The van der Waals surface area contributed by atoms with E-state index in [1.165, 1.54) is 0 Å². The zero-order valence-electron chi connectivity index (χ0n) is 4.44. The molecule has 0 atom stereocenters. The van der Waals surface area contributed by atoms with Gasteiger partial charge >= 0.3 is 0 Å². The lowest BCUT2D eigenvalue weighted by atomic mass is 11.5. The van der Waals surface area contributed by atoms with Crippen molar-refractivity contribution in [1.82, 2.24) is 0 Å². The summed E-state index contributed by atoms with van der Waals surface area (Å²) >= 11 is 0. The fourth-order valence-electron chi connectivity index (χ4n) is 0. The molecule has 0 radical (unpaired) electrons. The van der Waals surface area contributed by atoms with E-state index >= 15 is 0 Å². The van der Waals surface area contributed by atoms with Crippen molar-refractivity contribution in [2.45, 2.75) is 0 Å². The molecular formula is C3N2O5-4. The van der Waals surface area contributed by atoms with Crippen molar-refractivity contribution in [3.05, 3.63) is 10.8 Å². The fraction of sp³-hybridized carbons (Fsp3) is 0. The lowest BCUT2D eigenvalue weighted by Crippen LogP contribution is -2.37. The largest absolute Gasteiger partial charge is 0.724 e. The van der Waals surface area contributed by atoms with Gasteiger partial charge in [-0.3, -0.25) is 9.59 Å². The van der Waals surface area contributed by atoms with Crippen LogP contribution in [0.2, 0.25) is 0 Å². The number of carboxylic acid groups (broad SMARTS) is 2. The Labute approximate surface area is 54.9 Å². The maximum atomic E-state index is 8.33. The molecule has 0 saturated carbocycles. The summed E-state index contributed by atoms with van der Waals surface area (Å²) in [6.45, 7) is 0. The Balaban J connectivity index is -0.0000000750. The molecule has 7 heteroatoms. The van der Waals surface area contributed by atoms with Crippen molar-refractivity contribution < 1.29 is 24.6 Å². The molecule has 0 unspecified atom stereocenters. The van der Waals surface area contributed by atoms with Gasteiger partial charge in [-0.05, 0) is 18.3 Å². The average Bonchev–Trinajstić information content (AvgIpc) is 1.65. The van der Waals surface area contributed by atoms with E-state index in [-0.39, 0.29) is 0 Å². The summed E-state index contributed by atoms with van der Waals surface area (Å²) in [5.41, 5.74) is 0. The first-order valence-electron chi connectivity index (χ1n) is 1.47. The van der Waals surface area contributed by atoms with Crippen LogP contribution in [0.15, 0.2) is 0 Å². The second-order valence-corrected chi connectivity index (χ2v) is 0.433. The van der Waals surface area contributed by atoms with Crippen LogP contribution in [-0.4, -0.2) is 18.3 Å². The molecule has 0 aromatic rings. The second-order valence-electron chi connectivity index (χ2n) is 0.433. The molecule has 0 aliphatic carbocycles. The molecule has 0 aromatic carbocycles. The lowest BCUT2D eigenvalue weighted by molar-refractivity contribution is -0.415. The first-order chi connectivity index (χ1) is 4.56. The Hall–Kier alpha value is -1.97. The molecule has 0 saturated heterocycles. The minimum Gasteiger partial charge on any atom is -0.724 e. The van der Waals surface area contributed by atoms with Crippen molar-refractivity contribution in [3.63, 3.8) is 0 Å². The van der Waals surface area contributed by atoms with Gasteiger partial charge in [0.25, 0.3) is 0 Å². The van der Waals surface area contributed by atoms with Gasteiger partial charge in [-0.2, -0.15) is 0 Å². The predicted octanol–water partition coefficient (Wildman–Crippen LogP) is -2.66. The highest BCUT2D eigenvalue weighted by Crippen LogP contribution is 1.21. The maximum Gasteiger partial charge on any atom is -0.0159 e. The minimum absolute atomic E-state index is 0.500. The molecule has 0 bridgehead atoms. The van der Waals surface area contributed by atoms with Crippen LogP contribution >= 0.6 is 0 Å². The summed E-state index contributed by atoms with van der Waals surface area (Å²) in [7, 11) is 0. The quantitative estimate of drug-likeness (QED) is 0.269. The van der Waals surface area contributed by atoms with Gasteiger partial charge in [0.15, 0.2) is 0 Å². The molecule has 0 amide bonds. The molecule has 0 fully saturated rings. The van der Waals surface area contributed by atoms with Gasteiger partial charge < -0.3 is 25.8 Å². The summed E-state index contributed by atoms with van der Waals surface area (Å²) in [6, 6.07) is 0. The Bertz CT molecular complexity index is 125. The predicted molar refractivity (Wildman–Crippen MR) is 23.5 cm³/mol. The number of rotatable bonds is 0. The molecule has 0 spiro atoms. The molecule has 56 valence electrons. The summed E-state index contributed by atoms with van der Waals surface area (Å²) < 4.78 is 0. The standard InChI is InChI=1S/2CNO.CH2O3/c2*2-1-3;2-1(3)4/h;;(H2,2,3,4)/q2*-1;/p-2. The van der Waals surface area contributed by atoms with E-state index in [9.17, 15) is 0 Å². The van der Waals surface area contributed by atoms with Gasteiger partial charge in [0.2, 0.25) is 0 Å². The van der Waals surface area contributed by atoms with Crippen LogP contribution in [0.1, 0.15) is 0 Å². The van der Waals surface area contributed by atoms with Crippen LogP contribution in [0.4, 0.5) is 4.79 Å². The minimum atomic E-state index is -2.33. The number of hydrogen-bond acceptors (Lipinski definition) is 5. The van der Waals surface area contributed by atoms with Crippen molar-refractivity contribution in [1.29, 1.82) is 0 Å². The number of nitrogens with zero attached hydrogens (tertiary/aromatic N) is 2. The molecule has 0 N–H and O–H groups in total. The highest BCUT2D eigenvalue weighted by atomic mass is 16.6. The first-order valence-corrected chi connectivity index (χ1v) is 1.47. The molecule has 0 aromatic heterocycles. The van der Waals surface area contributed by atoms with Crippen LogP contribution in [0.3, 0.4) is 0 Å². The third-order valence-electron chi connectivity index (χ3n) is 0. The van der Waals surface area contributed by atoms with Crippen LogP contribution < -0.4 is 10.2 Å². The van der Waals surface area contributed by atoms with Crippen molar-refractivity contribution in [2.75, 3.05) is 0 Å². The second kappa shape index (κ2) is 27.8. The van der Waals surface area contributed by atoms with Gasteiger partial charge in [-0.25, -0.2) is 0 Å². The molecule has 0 heterocycles. The van der Waals surface area contributed by atoms with Crippen LogP contribution in [-0.2, 0) is 9.59 Å². The van der Waals surface area contributed by atoms with E-state index in [1.807, 2.05) is 0 Å². The third kappa shape index (κ3) is 39.3. The summed E-state index contributed by atoms with van der Waals surface area (Å²) in [4.78, 5) is 24.8. The summed E-state index contributed by atoms with van der Waals surface area (Å²) in [5.74, 6) is 0. The molecule has 0 rings (SSSR count). The highest BCUT2D eigenvalue weighted by molar-refractivity contribution is 5.47. The molecular weight excluding hydrogens is 144 g/mol. The van der Waals surface area contributed by atoms with Gasteiger partial charge in [0.1, 0.15) is 0 Å². The molecule has 0 aliphatic rings. The van der Waals surface area contributed by atoms with Crippen molar-refractivity contribution >= 4 is 18.3 Å². The highest BCUT2D eigenvalue weighted by Gasteiger charge is 1.26. The van der Waals surface area contributed by atoms with E-state index in [4.69, 9.17) is 35.4 Å². The van der Waals surface area contributed by atoms with E-state index in [1.54, 1.807) is 0 Å². The molecule has 7 nitrogen and oxygen atoms in total. The summed E-state index contributed by atoms with van der Waals surface area (Å²) in [5, 5.41) is 30.2. The fourth-order valence-corrected chi connectivity index (χ4v) is 0. The van der Waals surface area contributed by atoms with E-state index in [2.05, 4.69) is 0 Å². The van der Waals surface area contributed by atoms with Crippen LogP contribution in [0.5, 0.6) is 0 Å². The van der Waals surface area contributed by atoms with E-state index < -0.39 is 6.16 Å². The zero-order valence-corrected chi connectivity index (χ0v) is 4.44. The van der Waals surface area contributed by atoms with Gasteiger partial charge in [0, 0.05) is 0 Å². The SMILES string of the molecule is O=C([O-])[O-].[N-]=C=O.[N-]=C=O. The maximum absolute atomic E-state index is 8.33. The Kier molecular flexibility index (Phi) is 43.7. The zero-order chi connectivity index (χ0) is 8.99. The normalized spacial score (nSPS) is 4.00. The van der Waals surface area contributed by atoms with Crippen LogP contribution in [0, 0.1) is 0 Å². The van der Waals surface area contributed by atoms with Gasteiger partial charge in [-0.15, -0.1) is 0 Å². The smallest absolute Gasteiger partial charge is 0.0159 e. The van der Waals surface area contributed by atoms with E-state index in [0.29, 0.717) is 12.2 Å². The number of carbonyl (C=O) groups excluding carboxylic acids is 3. The van der Waals surface area contributed by atoms with E-state index in [0.717, 1.165) is 0 Å². The molecule has 0 aliphatic heterocycles.